The molecule has 0 bridgehead atoms. The maximum absolute atomic E-state index is 6.78. The minimum Gasteiger partial charge on any atom is -0.509 e. The van der Waals surface area contributed by atoms with Gasteiger partial charge < -0.3 is 9.30 Å². The Labute approximate surface area is 356 Å². The zero-order valence-corrected chi connectivity index (χ0v) is 38.9. The first-order valence-corrected chi connectivity index (χ1v) is 20.7. The Morgan fingerprint density at radius 2 is 1.56 bits per heavy atom. The Bertz CT molecular complexity index is 2440. The summed E-state index contributed by atoms with van der Waals surface area (Å²) in [7, 11) is 0. The molecule has 3 aromatic heterocycles. The average molecular weight is 942 g/mol. The molecule has 0 saturated heterocycles. The maximum atomic E-state index is 6.78. The number of benzene rings is 3. The van der Waals surface area contributed by atoms with Crippen molar-refractivity contribution in [3.63, 3.8) is 0 Å². The molecule has 1 aliphatic carbocycles. The molecule has 0 fully saturated rings. The molecule has 302 valence electrons. The van der Waals surface area contributed by atoms with Gasteiger partial charge in [0.2, 0.25) is 0 Å². The van der Waals surface area contributed by atoms with E-state index in [4.69, 9.17) is 14.8 Å². The molecule has 0 saturated carbocycles. The van der Waals surface area contributed by atoms with Crippen LogP contribution in [0.1, 0.15) is 124 Å². The van der Waals surface area contributed by atoms with E-state index in [2.05, 4.69) is 179 Å². The number of hydrogen-bond donors (Lipinski definition) is 0. The number of para-hydroxylation sites is 1. The van der Waals surface area contributed by atoms with E-state index in [-0.39, 0.29) is 43.2 Å². The molecule has 0 aliphatic heterocycles. The van der Waals surface area contributed by atoms with Crippen molar-refractivity contribution in [1.82, 2.24) is 19.3 Å². The number of fused-ring (bicyclic) bond motifs is 3. The Balaban J connectivity index is 0.00000549. The summed E-state index contributed by atoms with van der Waals surface area (Å²) in [6.45, 7) is 32.4. The van der Waals surface area contributed by atoms with Crippen LogP contribution >= 0.6 is 0 Å². The van der Waals surface area contributed by atoms with Crippen molar-refractivity contribution >= 4 is 21.8 Å². The second-order valence-electron chi connectivity index (χ2n) is 20.1. The van der Waals surface area contributed by atoms with Crippen LogP contribution in [-0.4, -0.2) is 19.3 Å². The molecule has 0 N–H and O–H groups in total. The van der Waals surface area contributed by atoms with Crippen molar-refractivity contribution in [2.24, 2.45) is 28.6 Å². The van der Waals surface area contributed by atoms with Crippen LogP contribution in [0.5, 0.6) is 11.5 Å². The normalized spacial score (nSPS) is 17.9. The summed E-state index contributed by atoms with van der Waals surface area (Å²) in [4.78, 5) is 4.86. The molecule has 57 heavy (non-hydrogen) atoms. The smallest absolute Gasteiger partial charge is 0.509 e. The second-order valence-corrected chi connectivity index (χ2v) is 20.1. The zero-order chi connectivity index (χ0) is 40.5. The Morgan fingerprint density at radius 3 is 2.23 bits per heavy atom. The van der Waals surface area contributed by atoms with Crippen LogP contribution < -0.4 is 4.74 Å². The average Bonchev–Trinajstić information content (AvgIpc) is 3.59. The predicted octanol–water partition coefficient (Wildman–Crippen LogP) is 13.6. The van der Waals surface area contributed by atoms with Crippen molar-refractivity contribution in [1.29, 1.82) is 0 Å². The van der Waals surface area contributed by atoms with Gasteiger partial charge in [-0.25, -0.2) is 4.98 Å². The number of allylic oxidation sites excluding steroid dienone is 2. The van der Waals surface area contributed by atoms with Gasteiger partial charge in [-0.15, -0.1) is 41.3 Å². The molecule has 0 radical (unpaired) electrons. The SMILES string of the molecule is Cc1nn(-c2[c-]c(Oc3[c-]c4c(cc3)c3ccccc3n4-c3cc(CC(C)C)ccn3)cc(C(C)(C)C)c2)c(C)c1C1C(C(C)(C)C)=C[C@H](C)C[C@@H]1C(C)(C)C.[Pt+2]. The Hall–Kier alpha value is -3.95. The second kappa shape index (κ2) is 15.7. The third-order valence-electron chi connectivity index (χ3n) is 11.8. The van der Waals surface area contributed by atoms with E-state index in [9.17, 15) is 0 Å². The van der Waals surface area contributed by atoms with E-state index in [1.165, 1.54) is 28.8 Å². The molecule has 7 rings (SSSR count). The summed E-state index contributed by atoms with van der Waals surface area (Å²) < 4.78 is 11.1. The van der Waals surface area contributed by atoms with Gasteiger partial charge in [0.25, 0.3) is 0 Å². The molecule has 3 heterocycles. The molecule has 6 heteroatoms. The third kappa shape index (κ3) is 8.47. The molecule has 3 atom stereocenters. The summed E-state index contributed by atoms with van der Waals surface area (Å²) in [6, 6.07) is 28.7. The minimum absolute atomic E-state index is 0. The monoisotopic (exact) mass is 941 g/mol. The zero-order valence-electron chi connectivity index (χ0n) is 36.7. The summed E-state index contributed by atoms with van der Waals surface area (Å²) in [5.74, 6) is 4.03. The first-order chi connectivity index (χ1) is 26.2. The number of rotatable bonds is 7. The van der Waals surface area contributed by atoms with Crippen molar-refractivity contribution in [3.8, 4) is 23.0 Å². The van der Waals surface area contributed by atoms with E-state index in [0.29, 0.717) is 29.3 Å². The molecule has 0 spiro atoms. The number of nitrogens with zero attached hydrogens (tertiary/aromatic N) is 4. The van der Waals surface area contributed by atoms with Gasteiger partial charge in [0, 0.05) is 40.4 Å². The van der Waals surface area contributed by atoms with E-state index in [0.717, 1.165) is 51.0 Å². The van der Waals surface area contributed by atoms with E-state index in [1.807, 2.05) is 12.3 Å². The van der Waals surface area contributed by atoms with Gasteiger partial charge in [-0.05, 0) is 95.5 Å². The van der Waals surface area contributed by atoms with Crippen molar-refractivity contribution in [2.45, 2.75) is 121 Å². The third-order valence-corrected chi connectivity index (χ3v) is 11.8. The largest absolute Gasteiger partial charge is 2.00 e. The fraction of sp³-hybridized carbons (Fsp3) is 0.451. The predicted molar refractivity (Wildman–Crippen MR) is 234 cm³/mol. The van der Waals surface area contributed by atoms with Crippen molar-refractivity contribution in [3.05, 3.63) is 119 Å². The fourth-order valence-corrected chi connectivity index (χ4v) is 9.10. The van der Waals surface area contributed by atoms with Gasteiger partial charge in [0.05, 0.1) is 5.69 Å². The summed E-state index contributed by atoms with van der Waals surface area (Å²) >= 11 is 0. The molecular formula is C51H62N4OPt. The van der Waals surface area contributed by atoms with Crippen LogP contribution in [0, 0.1) is 54.6 Å². The summed E-state index contributed by atoms with van der Waals surface area (Å²) in [5.41, 5.74) is 10.5. The number of aryl methyl sites for hydroxylation is 1. The molecular weight excluding hydrogens is 880 g/mol. The van der Waals surface area contributed by atoms with E-state index in [1.54, 1.807) is 0 Å². The quantitative estimate of drug-likeness (QED) is 0.118. The molecule has 1 aliphatic rings. The Kier molecular flexibility index (Phi) is 11.7. The number of hydrogen-bond acceptors (Lipinski definition) is 3. The number of aromatic nitrogens is 4. The topological polar surface area (TPSA) is 44.9 Å². The molecule has 1 unspecified atom stereocenters. The van der Waals surface area contributed by atoms with Crippen molar-refractivity contribution < 1.29 is 25.8 Å². The standard InChI is InChI=1S/C51H62N4O.Pt/c1-31(2)23-35-21-22-52-46(26-35)54-44-18-16-15-17-40(44)41-20-19-38(30-45(41)54)56-39-28-36(49(6,7)8)27-37(29-39)55-34(5)47(33(4)53-55)48-42(50(9,10)11)24-32(3)25-43(48)51(12,13)14;/h15-22,24,26-28,31-32,43,48H,23,25H2,1-14H3;/q-2;+2/t32-,43-,48?;/m0./s1. The number of ether oxygens (including phenoxy) is 1. The number of pyridine rings is 1. The van der Waals surface area contributed by atoms with E-state index >= 15 is 0 Å². The van der Waals surface area contributed by atoms with Gasteiger partial charge in [0.15, 0.2) is 0 Å². The molecule has 5 nitrogen and oxygen atoms in total. The fourth-order valence-electron chi connectivity index (χ4n) is 9.10. The first-order valence-electron chi connectivity index (χ1n) is 20.7. The van der Waals surface area contributed by atoms with Crippen LogP contribution in [0.3, 0.4) is 0 Å². The summed E-state index contributed by atoms with van der Waals surface area (Å²) in [5, 5.41) is 7.57. The van der Waals surface area contributed by atoms with Gasteiger partial charge in [-0.1, -0.05) is 118 Å². The molecule has 0 amide bonds. The molecule has 6 aromatic rings. The minimum atomic E-state index is -0.132. The van der Waals surface area contributed by atoms with E-state index < -0.39 is 0 Å². The van der Waals surface area contributed by atoms with Gasteiger partial charge in [-0.2, -0.15) is 11.2 Å². The summed E-state index contributed by atoms with van der Waals surface area (Å²) in [6.07, 6.45) is 6.65. The van der Waals surface area contributed by atoms with Gasteiger partial charge in [0.1, 0.15) is 5.82 Å². The van der Waals surface area contributed by atoms with Gasteiger partial charge >= 0.3 is 21.1 Å². The van der Waals surface area contributed by atoms with Crippen LogP contribution in [0.2, 0.25) is 0 Å². The van der Waals surface area contributed by atoms with Crippen LogP contribution in [-0.2, 0) is 32.9 Å². The Morgan fingerprint density at radius 1 is 0.842 bits per heavy atom. The molecule has 3 aromatic carbocycles. The van der Waals surface area contributed by atoms with Crippen LogP contribution in [0.15, 0.2) is 78.5 Å². The van der Waals surface area contributed by atoms with Crippen molar-refractivity contribution in [2.75, 3.05) is 0 Å². The maximum Gasteiger partial charge on any atom is 2.00 e. The van der Waals surface area contributed by atoms with Crippen LogP contribution in [0.25, 0.3) is 33.3 Å². The van der Waals surface area contributed by atoms with Crippen LogP contribution in [0.4, 0.5) is 0 Å². The van der Waals surface area contributed by atoms with Gasteiger partial charge in [-0.3, -0.25) is 4.68 Å². The first kappa shape index (κ1) is 42.6.